The van der Waals surface area contributed by atoms with E-state index in [1.165, 1.54) is 7.05 Å². The molecule has 0 amide bonds. The third kappa shape index (κ3) is 2.29. The average Bonchev–Trinajstić information content (AvgIpc) is 2.16. The summed E-state index contributed by atoms with van der Waals surface area (Å²) < 4.78 is 0. The van der Waals surface area contributed by atoms with Crippen molar-refractivity contribution < 1.29 is 5.21 Å². The number of aryl methyl sites for hydroxylation is 1. The van der Waals surface area contributed by atoms with E-state index in [-0.39, 0.29) is 5.95 Å². The molecule has 1 aromatic heterocycles. The second-order valence-corrected chi connectivity index (χ2v) is 3.12. The van der Waals surface area contributed by atoms with E-state index in [9.17, 15) is 5.21 Å². The molecule has 6 heteroatoms. The fourth-order valence-corrected chi connectivity index (χ4v) is 0.898. The Labute approximate surface area is 83.2 Å². The Hall–Kier alpha value is -1.43. The monoisotopic (exact) mass is 197 g/mol. The van der Waals surface area contributed by atoms with E-state index in [1.807, 2.05) is 21.0 Å². The van der Waals surface area contributed by atoms with E-state index in [1.54, 1.807) is 4.90 Å². The van der Waals surface area contributed by atoms with Crippen molar-refractivity contribution in [1.29, 1.82) is 0 Å². The fourth-order valence-electron chi connectivity index (χ4n) is 0.898. The van der Waals surface area contributed by atoms with Crippen LogP contribution in [0.4, 0.5) is 11.9 Å². The van der Waals surface area contributed by atoms with Crippen LogP contribution in [0, 0.1) is 0 Å². The molecule has 14 heavy (non-hydrogen) atoms. The zero-order valence-corrected chi connectivity index (χ0v) is 8.89. The normalized spacial score (nSPS) is 10.1. The number of anilines is 2. The number of hydroxylamine groups is 1. The van der Waals surface area contributed by atoms with Gasteiger partial charge in [-0.05, 0) is 0 Å². The number of nitrogens with zero attached hydrogens (tertiary/aromatic N) is 5. The molecule has 0 aromatic carbocycles. The summed E-state index contributed by atoms with van der Waals surface area (Å²) in [5.41, 5.74) is 0. The maximum atomic E-state index is 9.21. The average molecular weight is 197 g/mol. The Morgan fingerprint density at radius 1 is 1.07 bits per heavy atom. The minimum absolute atomic E-state index is 0.264. The third-order valence-electron chi connectivity index (χ3n) is 1.66. The number of rotatable bonds is 3. The molecule has 0 unspecified atom stereocenters. The molecule has 0 aliphatic heterocycles. The molecule has 1 heterocycles. The molecule has 0 aliphatic carbocycles. The van der Waals surface area contributed by atoms with Crippen molar-refractivity contribution >= 4 is 11.9 Å². The minimum atomic E-state index is 0.264. The standard InChI is InChI=1S/C8H15N5O/c1-5-6-9-7(12(2)3)11-8(10-6)13(4)14/h14H,5H2,1-4H3. The molecule has 1 rings (SSSR count). The van der Waals surface area contributed by atoms with Gasteiger partial charge in [0.15, 0.2) is 0 Å². The SMILES string of the molecule is CCc1nc(N(C)C)nc(N(C)O)n1. The first-order valence-corrected chi connectivity index (χ1v) is 4.39. The molecule has 1 aromatic rings. The van der Waals surface area contributed by atoms with Crippen LogP contribution in [-0.2, 0) is 6.42 Å². The lowest BCUT2D eigenvalue weighted by Gasteiger charge is -2.14. The minimum Gasteiger partial charge on any atom is -0.347 e. The molecular formula is C8H15N5O. The van der Waals surface area contributed by atoms with Gasteiger partial charge in [-0.1, -0.05) is 6.92 Å². The summed E-state index contributed by atoms with van der Waals surface area (Å²) in [6, 6.07) is 0. The highest BCUT2D eigenvalue weighted by Gasteiger charge is 2.08. The number of hydrogen-bond acceptors (Lipinski definition) is 6. The van der Waals surface area contributed by atoms with Gasteiger partial charge >= 0.3 is 0 Å². The van der Waals surface area contributed by atoms with Crippen molar-refractivity contribution in [3.8, 4) is 0 Å². The van der Waals surface area contributed by atoms with E-state index in [2.05, 4.69) is 15.0 Å². The summed E-state index contributed by atoms with van der Waals surface area (Å²) in [7, 11) is 5.17. The van der Waals surface area contributed by atoms with Crippen LogP contribution in [0.15, 0.2) is 0 Å². The van der Waals surface area contributed by atoms with Gasteiger partial charge < -0.3 is 4.90 Å². The zero-order chi connectivity index (χ0) is 10.7. The first-order valence-electron chi connectivity index (χ1n) is 4.39. The van der Waals surface area contributed by atoms with Crippen molar-refractivity contribution in [2.75, 3.05) is 31.1 Å². The van der Waals surface area contributed by atoms with E-state index in [4.69, 9.17) is 0 Å². The van der Waals surface area contributed by atoms with Crippen LogP contribution in [0.25, 0.3) is 0 Å². The first-order chi connectivity index (χ1) is 6.54. The zero-order valence-electron chi connectivity index (χ0n) is 8.89. The maximum absolute atomic E-state index is 9.21. The summed E-state index contributed by atoms with van der Waals surface area (Å²) in [5, 5.41) is 10.1. The van der Waals surface area contributed by atoms with Crippen LogP contribution < -0.4 is 9.96 Å². The molecule has 0 atom stereocenters. The van der Waals surface area contributed by atoms with Crippen molar-refractivity contribution in [2.24, 2.45) is 0 Å². The predicted octanol–water partition coefficient (Wildman–Crippen LogP) is 0.325. The Balaban J connectivity index is 3.13. The molecule has 0 fully saturated rings. The fraction of sp³-hybridized carbons (Fsp3) is 0.625. The topological polar surface area (TPSA) is 65.4 Å². The van der Waals surface area contributed by atoms with Crippen LogP contribution in [0.3, 0.4) is 0 Å². The summed E-state index contributed by atoms with van der Waals surface area (Å²) in [5.74, 6) is 1.48. The molecule has 0 radical (unpaired) electrons. The summed E-state index contributed by atoms with van der Waals surface area (Å²) in [4.78, 5) is 14.1. The molecule has 0 aliphatic rings. The van der Waals surface area contributed by atoms with Crippen LogP contribution in [0.1, 0.15) is 12.7 Å². The van der Waals surface area contributed by atoms with Gasteiger partial charge in [0.25, 0.3) is 5.95 Å². The lowest BCUT2D eigenvalue weighted by molar-refractivity contribution is 0.272. The summed E-state index contributed by atoms with van der Waals surface area (Å²) in [6.07, 6.45) is 0.712. The van der Waals surface area contributed by atoms with Crippen molar-refractivity contribution in [1.82, 2.24) is 15.0 Å². The maximum Gasteiger partial charge on any atom is 0.254 e. The van der Waals surface area contributed by atoms with E-state index in [0.29, 0.717) is 18.2 Å². The smallest absolute Gasteiger partial charge is 0.254 e. The van der Waals surface area contributed by atoms with Crippen LogP contribution in [-0.4, -0.2) is 41.3 Å². The highest BCUT2D eigenvalue weighted by molar-refractivity contribution is 5.35. The number of aromatic nitrogens is 3. The van der Waals surface area contributed by atoms with Gasteiger partial charge in [-0.2, -0.15) is 15.0 Å². The molecule has 0 saturated carbocycles. The molecule has 78 valence electrons. The van der Waals surface area contributed by atoms with Crippen LogP contribution in [0.2, 0.25) is 0 Å². The van der Waals surface area contributed by atoms with E-state index < -0.39 is 0 Å². The highest BCUT2D eigenvalue weighted by atomic mass is 16.5. The van der Waals surface area contributed by atoms with Gasteiger partial charge in [-0.3, -0.25) is 5.21 Å². The quantitative estimate of drug-likeness (QED) is 0.704. The molecule has 1 N–H and O–H groups in total. The van der Waals surface area contributed by atoms with E-state index in [0.717, 1.165) is 5.06 Å². The van der Waals surface area contributed by atoms with Crippen molar-refractivity contribution in [3.63, 3.8) is 0 Å². The Kier molecular flexibility index (Phi) is 3.19. The first kappa shape index (κ1) is 10.6. The largest absolute Gasteiger partial charge is 0.347 e. The lowest BCUT2D eigenvalue weighted by atomic mass is 10.4. The molecular weight excluding hydrogens is 182 g/mol. The van der Waals surface area contributed by atoms with Crippen LogP contribution in [0.5, 0.6) is 0 Å². The van der Waals surface area contributed by atoms with E-state index >= 15 is 0 Å². The predicted molar refractivity (Wildman–Crippen MR) is 53.7 cm³/mol. The number of hydrogen-bond donors (Lipinski definition) is 1. The molecule has 0 spiro atoms. The Morgan fingerprint density at radius 3 is 2.07 bits per heavy atom. The molecule has 6 nitrogen and oxygen atoms in total. The second-order valence-electron chi connectivity index (χ2n) is 3.12. The summed E-state index contributed by atoms with van der Waals surface area (Å²) >= 11 is 0. The van der Waals surface area contributed by atoms with Gasteiger partial charge in [0, 0.05) is 27.6 Å². The second kappa shape index (κ2) is 4.19. The van der Waals surface area contributed by atoms with Crippen LogP contribution >= 0.6 is 0 Å². The van der Waals surface area contributed by atoms with Gasteiger partial charge in [-0.25, -0.2) is 5.06 Å². The molecule has 0 saturated heterocycles. The van der Waals surface area contributed by atoms with Crippen molar-refractivity contribution in [3.05, 3.63) is 5.82 Å². The summed E-state index contributed by atoms with van der Waals surface area (Å²) in [6.45, 7) is 1.95. The highest BCUT2D eigenvalue weighted by Crippen LogP contribution is 2.10. The van der Waals surface area contributed by atoms with Gasteiger partial charge in [0.1, 0.15) is 5.82 Å². The van der Waals surface area contributed by atoms with Gasteiger partial charge in [0.05, 0.1) is 0 Å². The van der Waals surface area contributed by atoms with Gasteiger partial charge in [0.2, 0.25) is 5.95 Å². The third-order valence-corrected chi connectivity index (χ3v) is 1.66. The lowest BCUT2D eigenvalue weighted by Crippen LogP contribution is -2.20. The van der Waals surface area contributed by atoms with Crippen molar-refractivity contribution in [2.45, 2.75) is 13.3 Å². The Bertz CT molecular complexity index is 286. The Morgan fingerprint density at radius 2 is 1.64 bits per heavy atom. The molecule has 0 bridgehead atoms. The van der Waals surface area contributed by atoms with Gasteiger partial charge in [-0.15, -0.1) is 0 Å².